The van der Waals surface area contributed by atoms with Crippen LogP contribution in [0, 0.1) is 0 Å². The van der Waals surface area contributed by atoms with Crippen molar-refractivity contribution in [2.24, 2.45) is 0 Å². The minimum Gasteiger partial charge on any atom is -0.450 e. The van der Waals surface area contributed by atoms with Crippen molar-refractivity contribution in [1.29, 1.82) is 0 Å². The summed E-state index contributed by atoms with van der Waals surface area (Å²) in [6.45, 7) is 5.08. The van der Waals surface area contributed by atoms with Crippen LogP contribution >= 0.6 is 11.8 Å². The minimum atomic E-state index is -1.83. The molecule has 1 aliphatic rings. The molecule has 5 N–H and O–H groups in total. The van der Waals surface area contributed by atoms with E-state index in [2.05, 4.69) is 39.4 Å². The summed E-state index contributed by atoms with van der Waals surface area (Å²) in [5, 5.41) is 46.5. The number of aromatic nitrogens is 5. The van der Waals surface area contributed by atoms with Crippen molar-refractivity contribution in [3.8, 4) is 0 Å². The van der Waals surface area contributed by atoms with E-state index in [1.807, 2.05) is 0 Å². The summed E-state index contributed by atoms with van der Waals surface area (Å²) in [5.41, 5.74) is 1.23. The first-order valence-corrected chi connectivity index (χ1v) is 10.6. The molecule has 12 heteroatoms. The smallest absolute Gasteiger partial charge is 0.450 e. The van der Waals surface area contributed by atoms with Crippen molar-refractivity contribution in [3.05, 3.63) is 0 Å². The van der Waals surface area contributed by atoms with E-state index >= 15 is 0 Å². The Bertz CT molecular complexity index is 800. The zero-order valence-corrected chi connectivity index (χ0v) is 17.3. The highest BCUT2D eigenvalue weighted by molar-refractivity contribution is 7.99. The van der Waals surface area contributed by atoms with Crippen molar-refractivity contribution in [1.82, 2.24) is 25.0 Å². The molecule has 2 aromatic heterocycles. The SMILES string of the molecule is CCCCNc1nc(SCCC)nc2c1nnn2[C@@H]1CC[C@@H](O)[C@H]1O.O=C(O)O. The third-order valence-corrected chi connectivity index (χ3v) is 5.48. The second-order valence-corrected chi connectivity index (χ2v) is 7.74. The van der Waals surface area contributed by atoms with Crippen LogP contribution in [0.3, 0.4) is 0 Å². The van der Waals surface area contributed by atoms with Crippen molar-refractivity contribution in [2.45, 2.75) is 69.4 Å². The topological polar surface area (TPSA) is 167 Å². The molecule has 1 saturated carbocycles. The zero-order chi connectivity index (χ0) is 21.4. The fourth-order valence-corrected chi connectivity index (χ4v) is 3.70. The van der Waals surface area contributed by atoms with Crippen LogP contribution in [0.2, 0.25) is 0 Å². The lowest BCUT2D eigenvalue weighted by atomic mass is 10.2. The van der Waals surface area contributed by atoms with Gasteiger partial charge in [-0.2, -0.15) is 0 Å². The Labute approximate surface area is 172 Å². The zero-order valence-electron chi connectivity index (χ0n) is 16.5. The van der Waals surface area contributed by atoms with Gasteiger partial charge in [0.15, 0.2) is 22.1 Å². The van der Waals surface area contributed by atoms with Crippen LogP contribution in [-0.4, -0.2) is 76.0 Å². The number of thioether (sulfide) groups is 1. The third kappa shape index (κ3) is 6.15. The number of nitrogens with one attached hydrogen (secondary N) is 1. The van der Waals surface area contributed by atoms with Gasteiger partial charge in [0.2, 0.25) is 0 Å². The molecule has 0 amide bonds. The first-order valence-electron chi connectivity index (χ1n) is 9.66. The Kier molecular flexibility index (Phi) is 8.86. The molecule has 0 bridgehead atoms. The van der Waals surface area contributed by atoms with Crippen LogP contribution in [-0.2, 0) is 0 Å². The fraction of sp³-hybridized carbons (Fsp3) is 0.706. The summed E-state index contributed by atoms with van der Waals surface area (Å²) in [6, 6.07) is -0.303. The molecule has 2 aromatic rings. The number of hydrogen-bond donors (Lipinski definition) is 5. The Morgan fingerprint density at radius 3 is 2.52 bits per heavy atom. The standard InChI is InChI=1S/C16H26N6O2S.CH2O3/c1-3-5-8-17-14-12-15(19-16(18-14)25-9-4-2)22(21-20-12)10-6-7-11(23)13(10)24;2-1(3)4/h10-11,13,23-24H,3-9H2,1-2H3,(H,17,18,19);(H2,2,3,4)/t10-,11-,13+;/m1./s1. The highest BCUT2D eigenvalue weighted by Crippen LogP contribution is 2.33. The van der Waals surface area contributed by atoms with E-state index in [1.54, 1.807) is 16.4 Å². The second-order valence-electron chi connectivity index (χ2n) is 6.68. The molecule has 162 valence electrons. The van der Waals surface area contributed by atoms with Gasteiger partial charge in [0.1, 0.15) is 6.10 Å². The number of rotatable bonds is 8. The van der Waals surface area contributed by atoms with E-state index in [0.29, 0.717) is 35.0 Å². The first kappa shape index (κ1) is 23.1. The number of anilines is 1. The van der Waals surface area contributed by atoms with Gasteiger partial charge in [-0.1, -0.05) is 37.2 Å². The molecule has 3 rings (SSSR count). The molecule has 0 spiro atoms. The average Bonchev–Trinajstić information content (AvgIpc) is 3.23. The predicted molar refractivity (Wildman–Crippen MR) is 108 cm³/mol. The molecule has 0 unspecified atom stereocenters. The highest BCUT2D eigenvalue weighted by atomic mass is 32.2. The van der Waals surface area contributed by atoms with Gasteiger partial charge in [0.25, 0.3) is 0 Å². The third-order valence-electron chi connectivity index (χ3n) is 4.42. The second kappa shape index (κ2) is 11.1. The van der Waals surface area contributed by atoms with E-state index in [-0.39, 0.29) is 6.04 Å². The largest absolute Gasteiger partial charge is 0.503 e. The number of carboxylic acid groups (broad SMARTS) is 2. The van der Waals surface area contributed by atoms with Crippen LogP contribution in [0.4, 0.5) is 10.6 Å². The Balaban J connectivity index is 0.000000687. The normalized spacial score (nSPS) is 21.0. The van der Waals surface area contributed by atoms with Gasteiger partial charge in [0.05, 0.1) is 12.1 Å². The van der Waals surface area contributed by atoms with Crippen LogP contribution in [0.5, 0.6) is 0 Å². The molecule has 0 aromatic carbocycles. The van der Waals surface area contributed by atoms with E-state index in [4.69, 9.17) is 15.0 Å². The lowest BCUT2D eigenvalue weighted by molar-refractivity contribution is 0.0215. The monoisotopic (exact) mass is 428 g/mol. The predicted octanol–water partition coefficient (Wildman–Crippen LogP) is 2.21. The van der Waals surface area contributed by atoms with Crippen LogP contribution in [0.15, 0.2) is 5.16 Å². The van der Waals surface area contributed by atoms with Crippen LogP contribution in [0.1, 0.15) is 52.0 Å². The van der Waals surface area contributed by atoms with Gasteiger partial charge in [-0.05, 0) is 25.7 Å². The minimum absolute atomic E-state index is 0.303. The number of nitrogens with zero attached hydrogens (tertiary/aromatic N) is 5. The Morgan fingerprint density at radius 1 is 1.21 bits per heavy atom. The van der Waals surface area contributed by atoms with Crippen molar-refractivity contribution < 1.29 is 25.2 Å². The van der Waals surface area contributed by atoms with Gasteiger partial charge in [0, 0.05) is 12.3 Å². The number of fused-ring (bicyclic) bond motifs is 1. The van der Waals surface area contributed by atoms with Gasteiger partial charge < -0.3 is 25.7 Å². The molecule has 0 saturated heterocycles. The Morgan fingerprint density at radius 2 is 1.93 bits per heavy atom. The number of carbonyl (C=O) groups is 1. The molecule has 3 atom stereocenters. The van der Waals surface area contributed by atoms with E-state index in [9.17, 15) is 10.2 Å². The summed E-state index contributed by atoms with van der Waals surface area (Å²) >= 11 is 1.60. The summed E-state index contributed by atoms with van der Waals surface area (Å²) in [5.74, 6) is 1.63. The van der Waals surface area contributed by atoms with Crippen molar-refractivity contribution in [2.75, 3.05) is 17.6 Å². The van der Waals surface area contributed by atoms with E-state index in [0.717, 1.165) is 31.6 Å². The summed E-state index contributed by atoms with van der Waals surface area (Å²) in [6.07, 6.45) is 0.987. The molecule has 2 heterocycles. The molecular formula is C17H28N6O5S. The maximum atomic E-state index is 10.2. The quantitative estimate of drug-likeness (QED) is 0.237. The average molecular weight is 429 g/mol. The molecule has 29 heavy (non-hydrogen) atoms. The van der Waals surface area contributed by atoms with Gasteiger partial charge >= 0.3 is 6.16 Å². The maximum absolute atomic E-state index is 10.2. The first-order chi connectivity index (χ1) is 13.9. The number of aliphatic hydroxyl groups is 2. The summed E-state index contributed by atoms with van der Waals surface area (Å²) in [4.78, 5) is 17.8. The van der Waals surface area contributed by atoms with E-state index in [1.165, 1.54) is 0 Å². The molecular weight excluding hydrogens is 400 g/mol. The van der Waals surface area contributed by atoms with Gasteiger partial charge in [-0.15, -0.1) is 5.10 Å². The van der Waals surface area contributed by atoms with Crippen molar-refractivity contribution >= 4 is 34.9 Å². The lowest BCUT2D eigenvalue weighted by Crippen LogP contribution is -2.28. The fourth-order valence-electron chi connectivity index (χ4n) is 3.00. The molecule has 0 aliphatic heterocycles. The summed E-state index contributed by atoms with van der Waals surface area (Å²) in [7, 11) is 0. The molecule has 1 aliphatic carbocycles. The highest BCUT2D eigenvalue weighted by Gasteiger charge is 2.36. The summed E-state index contributed by atoms with van der Waals surface area (Å²) < 4.78 is 1.65. The molecule has 1 fully saturated rings. The van der Waals surface area contributed by atoms with Crippen LogP contribution in [0.25, 0.3) is 11.2 Å². The Hall–Kier alpha value is -2.18. The van der Waals surface area contributed by atoms with E-state index < -0.39 is 18.4 Å². The molecule has 11 nitrogen and oxygen atoms in total. The van der Waals surface area contributed by atoms with Gasteiger partial charge in [-0.3, -0.25) is 0 Å². The molecule has 0 radical (unpaired) electrons. The van der Waals surface area contributed by atoms with Gasteiger partial charge in [-0.25, -0.2) is 19.4 Å². The number of hydrogen-bond acceptors (Lipinski definition) is 9. The maximum Gasteiger partial charge on any atom is 0.503 e. The lowest BCUT2D eigenvalue weighted by Gasteiger charge is -2.16. The van der Waals surface area contributed by atoms with Crippen molar-refractivity contribution in [3.63, 3.8) is 0 Å². The number of aliphatic hydroxyl groups excluding tert-OH is 2. The van der Waals surface area contributed by atoms with Crippen LogP contribution < -0.4 is 5.32 Å². The number of unbranched alkanes of at least 4 members (excludes halogenated alkanes) is 1.